The highest BCUT2D eigenvalue weighted by atomic mass is 19.4. The van der Waals surface area contributed by atoms with E-state index in [-0.39, 0.29) is 17.1 Å². The molecule has 0 unspecified atom stereocenters. The van der Waals surface area contributed by atoms with Gasteiger partial charge in [-0.1, -0.05) is 24.3 Å². The molecule has 2 aromatic heterocycles. The number of rotatable bonds is 6. The lowest BCUT2D eigenvalue weighted by molar-refractivity contribution is -0.138. The number of aromatic nitrogens is 2. The molecule has 9 heteroatoms. The molecule has 2 heterocycles. The Morgan fingerprint density at radius 1 is 1.10 bits per heavy atom. The zero-order chi connectivity index (χ0) is 21.7. The summed E-state index contributed by atoms with van der Waals surface area (Å²) in [6.45, 7) is -0.717. The van der Waals surface area contributed by atoms with Gasteiger partial charge in [-0.05, 0) is 29.3 Å². The summed E-state index contributed by atoms with van der Waals surface area (Å²) < 4.78 is 58.6. The molecule has 0 aliphatic rings. The Kier molecular flexibility index (Phi) is 6.29. The molecular formula is C21H17F4N3O2. The molecule has 0 saturated carbocycles. The van der Waals surface area contributed by atoms with Crippen LogP contribution in [-0.4, -0.2) is 23.0 Å². The highest BCUT2D eigenvalue weighted by Gasteiger charge is 2.37. The number of carbonyl (C=O) groups is 1. The molecule has 0 aliphatic heterocycles. The second-order valence-corrected chi connectivity index (χ2v) is 6.30. The van der Waals surface area contributed by atoms with Gasteiger partial charge >= 0.3 is 6.18 Å². The molecule has 1 atom stereocenters. The minimum absolute atomic E-state index is 0.150. The van der Waals surface area contributed by atoms with Gasteiger partial charge in [0.25, 0.3) is 5.91 Å². The van der Waals surface area contributed by atoms with Crippen molar-refractivity contribution in [3.05, 3.63) is 88.9 Å². The van der Waals surface area contributed by atoms with E-state index in [2.05, 4.69) is 15.3 Å². The smallest absolute Gasteiger partial charge is 0.418 e. The zero-order valence-corrected chi connectivity index (χ0v) is 15.8. The van der Waals surface area contributed by atoms with E-state index in [1.54, 1.807) is 0 Å². The van der Waals surface area contributed by atoms with Crippen LogP contribution in [0.4, 0.5) is 17.6 Å². The number of benzene rings is 1. The molecule has 0 saturated heterocycles. The van der Waals surface area contributed by atoms with Crippen molar-refractivity contribution >= 4 is 5.91 Å². The first-order valence-electron chi connectivity index (χ1n) is 8.81. The third-order valence-electron chi connectivity index (χ3n) is 4.37. The van der Waals surface area contributed by atoms with E-state index in [9.17, 15) is 22.4 Å². The molecule has 30 heavy (non-hydrogen) atoms. The van der Waals surface area contributed by atoms with Crippen LogP contribution in [0.2, 0.25) is 0 Å². The fourth-order valence-electron chi connectivity index (χ4n) is 2.87. The summed E-state index contributed by atoms with van der Waals surface area (Å²) in [7, 11) is 1.38. The highest BCUT2D eigenvalue weighted by molar-refractivity contribution is 5.94. The van der Waals surface area contributed by atoms with Crippen LogP contribution in [0.1, 0.15) is 38.8 Å². The number of ether oxygens (including phenoxy) is 1. The van der Waals surface area contributed by atoms with Crippen LogP contribution in [-0.2, 0) is 12.9 Å². The number of carbonyl (C=O) groups excluding carboxylic acids is 1. The van der Waals surface area contributed by atoms with E-state index in [4.69, 9.17) is 4.74 Å². The lowest BCUT2D eigenvalue weighted by atomic mass is 9.97. The van der Waals surface area contributed by atoms with Crippen molar-refractivity contribution < 1.29 is 27.1 Å². The number of pyridine rings is 2. The monoisotopic (exact) mass is 419 g/mol. The fraction of sp³-hybridized carbons (Fsp3) is 0.190. The second-order valence-electron chi connectivity index (χ2n) is 6.30. The third kappa shape index (κ3) is 4.73. The predicted octanol–water partition coefficient (Wildman–Crippen LogP) is 4.49. The lowest BCUT2D eigenvalue weighted by Crippen LogP contribution is -2.31. The van der Waals surface area contributed by atoms with Crippen LogP contribution in [0.3, 0.4) is 0 Å². The lowest BCUT2D eigenvalue weighted by Gasteiger charge is -2.22. The van der Waals surface area contributed by atoms with E-state index in [1.165, 1.54) is 62.0 Å². The Balaban J connectivity index is 2.05. The molecule has 0 fully saturated rings. The van der Waals surface area contributed by atoms with Gasteiger partial charge in [-0.25, -0.2) is 9.37 Å². The Hall–Kier alpha value is -3.49. The predicted molar refractivity (Wildman–Crippen MR) is 101 cm³/mol. The van der Waals surface area contributed by atoms with Gasteiger partial charge in [0.15, 0.2) is 0 Å². The van der Waals surface area contributed by atoms with Gasteiger partial charge in [-0.2, -0.15) is 13.2 Å². The summed E-state index contributed by atoms with van der Waals surface area (Å²) >= 11 is 0. The van der Waals surface area contributed by atoms with Gasteiger partial charge in [-0.15, -0.1) is 0 Å². The molecule has 3 rings (SSSR count). The molecule has 0 aliphatic carbocycles. The molecule has 0 bridgehead atoms. The van der Waals surface area contributed by atoms with Crippen LogP contribution in [0.5, 0.6) is 5.88 Å². The van der Waals surface area contributed by atoms with Crippen molar-refractivity contribution in [1.82, 2.24) is 15.3 Å². The first-order valence-corrected chi connectivity index (χ1v) is 8.81. The van der Waals surface area contributed by atoms with E-state index in [0.29, 0.717) is 11.1 Å². The molecular weight excluding hydrogens is 402 g/mol. The van der Waals surface area contributed by atoms with Gasteiger partial charge in [0, 0.05) is 24.0 Å². The zero-order valence-electron chi connectivity index (χ0n) is 15.8. The van der Waals surface area contributed by atoms with Crippen molar-refractivity contribution in [3.63, 3.8) is 0 Å². The van der Waals surface area contributed by atoms with E-state index < -0.39 is 30.4 Å². The highest BCUT2D eigenvalue weighted by Crippen LogP contribution is 2.35. The number of nitrogens with zero attached hydrogens (tertiary/aromatic N) is 2. The van der Waals surface area contributed by atoms with Crippen molar-refractivity contribution in [2.24, 2.45) is 0 Å². The van der Waals surface area contributed by atoms with E-state index in [1.807, 2.05) is 0 Å². The first kappa shape index (κ1) is 21.2. The minimum Gasteiger partial charge on any atom is -0.481 e. The summed E-state index contributed by atoms with van der Waals surface area (Å²) in [4.78, 5) is 20.6. The first-order chi connectivity index (χ1) is 14.3. The topological polar surface area (TPSA) is 64.1 Å². The second kappa shape index (κ2) is 8.89. The van der Waals surface area contributed by atoms with Gasteiger partial charge in [-0.3, -0.25) is 9.78 Å². The third-order valence-corrected chi connectivity index (χ3v) is 4.37. The van der Waals surface area contributed by atoms with Crippen LogP contribution < -0.4 is 10.1 Å². The number of alkyl halides is 4. The maximum absolute atomic E-state index is 13.6. The van der Waals surface area contributed by atoms with Crippen LogP contribution in [0.15, 0.2) is 60.9 Å². The minimum atomic E-state index is -4.68. The molecule has 1 N–H and O–H groups in total. The van der Waals surface area contributed by atoms with Crippen molar-refractivity contribution in [2.75, 3.05) is 7.11 Å². The van der Waals surface area contributed by atoms with Gasteiger partial charge in [0.1, 0.15) is 6.67 Å². The largest absolute Gasteiger partial charge is 0.481 e. The standard InChI is InChI=1S/C21H17F4N3O2/c1-30-17-11-15(8-10-26-17)20(29)28-18(14-6-4-13(12-22)5-7-14)19-16(21(23,24)25)3-2-9-27-19/h2-11,18H,12H2,1H3,(H,28,29)/t18-/m0/s1. The number of hydrogen-bond acceptors (Lipinski definition) is 4. The summed E-state index contributed by atoms with van der Waals surface area (Å²) in [5.41, 5.74) is -0.508. The number of hydrogen-bond donors (Lipinski definition) is 1. The Bertz CT molecular complexity index is 1020. The normalized spacial score (nSPS) is 12.3. The average Bonchev–Trinajstić information content (AvgIpc) is 2.77. The quantitative estimate of drug-likeness (QED) is 0.598. The molecule has 0 spiro atoms. The Labute approximate surface area is 169 Å². The molecule has 1 amide bonds. The van der Waals surface area contributed by atoms with Gasteiger partial charge in [0.05, 0.1) is 24.4 Å². The SMILES string of the molecule is COc1cc(C(=O)N[C@@H](c2ccc(CF)cc2)c2ncccc2C(F)(F)F)ccn1. The van der Waals surface area contributed by atoms with E-state index >= 15 is 0 Å². The fourth-order valence-corrected chi connectivity index (χ4v) is 2.87. The molecule has 5 nitrogen and oxygen atoms in total. The number of halogens is 4. The Morgan fingerprint density at radius 2 is 1.83 bits per heavy atom. The summed E-state index contributed by atoms with van der Waals surface area (Å²) in [5.74, 6) is -0.464. The number of nitrogens with one attached hydrogen (secondary N) is 1. The maximum atomic E-state index is 13.6. The van der Waals surface area contributed by atoms with Crippen LogP contribution >= 0.6 is 0 Å². The van der Waals surface area contributed by atoms with Crippen molar-refractivity contribution in [1.29, 1.82) is 0 Å². The number of amides is 1. The molecule has 0 radical (unpaired) electrons. The number of methoxy groups -OCH3 is 1. The molecule has 156 valence electrons. The summed E-state index contributed by atoms with van der Waals surface area (Å²) in [5, 5.41) is 2.59. The van der Waals surface area contributed by atoms with Crippen molar-refractivity contribution in [3.8, 4) is 5.88 Å². The molecule has 3 aromatic rings. The van der Waals surface area contributed by atoms with Crippen LogP contribution in [0.25, 0.3) is 0 Å². The molecule has 1 aromatic carbocycles. The van der Waals surface area contributed by atoms with Crippen molar-refractivity contribution in [2.45, 2.75) is 18.9 Å². The summed E-state index contributed by atoms with van der Waals surface area (Å²) in [6.07, 6.45) is -2.11. The average molecular weight is 419 g/mol. The maximum Gasteiger partial charge on any atom is 0.418 e. The van der Waals surface area contributed by atoms with E-state index in [0.717, 1.165) is 6.07 Å². The van der Waals surface area contributed by atoms with Crippen LogP contribution in [0, 0.1) is 0 Å². The Morgan fingerprint density at radius 3 is 2.47 bits per heavy atom. The summed E-state index contributed by atoms with van der Waals surface area (Å²) in [6, 6.07) is 9.43. The van der Waals surface area contributed by atoms with Gasteiger partial charge < -0.3 is 10.1 Å². The van der Waals surface area contributed by atoms with Gasteiger partial charge in [0.2, 0.25) is 5.88 Å².